The van der Waals surface area contributed by atoms with Gasteiger partial charge in [0, 0.05) is 19.3 Å². The van der Waals surface area contributed by atoms with Crippen molar-refractivity contribution >= 4 is 23.7 Å². The second kappa shape index (κ2) is 8.75. The number of nitrogens with one attached hydrogen (secondary N) is 3. The lowest BCUT2D eigenvalue weighted by molar-refractivity contribution is -0.137. The number of halogens is 3. The first-order chi connectivity index (χ1) is 16.0. The lowest BCUT2D eigenvalue weighted by atomic mass is 10.1. The molecule has 178 valence electrons. The summed E-state index contributed by atoms with van der Waals surface area (Å²) in [6, 6.07) is 14.4. The zero-order valence-corrected chi connectivity index (χ0v) is 19.8. The van der Waals surface area contributed by atoms with E-state index in [1.807, 2.05) is 55.8 Å². The summed E-state index contributed by atoms with van der Waals surface area (Å²) in [4.78, 5) is 4.71. The minimum Gasteiger partial charge on any atom is -0.367 e. The molecule has 0 unspecified atom stereocenters. The molecule has 1 aromatic heterocycles. The molecule has 1 aliphatic rings. The Morgan fingerprint density at radius 2 is 1.76 bits per heavy atom. The van der Waals surface area contributed by atoms with Crippen molar-refractivity contribution in [3.63, 3.8) is 0 Å². The zero-order chi connectivity index (χ0) is 24.7. The van der Waals surface area contributed by atoms with Gasteiger partial charge in [0.05, 0.1) is 22.9 Å². The fourth-order valence-corrected chi connectivity index (χ4v) is 4.12. The van der Waals surface area contributed by atoms with Crippen molar-refractivity contribution in [1.82, 2.24) is 14.5 Å². The smallest absolute Gasteiger partial charge is 0.367 e. The number of hydrogen-bond acceptors (Lipinski definition) is 5. The number of aromatic nitrogens is 2. The minimum absolute atomic E-state index is 0.214. The maximum atomic E-state index is 12.9. The monoisotopic (exact) mass is 486 g/mol. The van der Waals surface area contributed by atoms with E-state index in [4.69, 9.17) is 22.6 Å². The average Bonchev–Trinajstić information content (AvgIpc) is 3.12. The highest BCUT2D eigenvalue weighted by Crippen LogP contribution is 2.29. The van der Waals surface area contributed by atoms with Gasteiger partial charge in [-0.3, -0.25) is 9.98 Å². The van der Waals surface area contributed by atoms with Gasteiger partial charge in [-0.05, 0) is 43.7 Å². The van der Waals surface area contributed by atoms with Gasteiger partial charge in [-0.1, -0.05) is 42.5 Å². The van der Waals surface area contributed by atoms with Crippen molar-refractivity contribution in [3.05, 3.63) is 86.7 Å². The van der Waals surface area contributed by atoms with Crippen LogP contribution in [0.15, 0.2) is 59.6 Å². The summed E-state index contributed by atoms with van der Waals surface area (Å²) in [6.07, 6.45) is -4.38. The van der Waals surface area contributed by atoms with E-state index in [-0.39, 0.29) is 17.6 Å². The van der Waals surface area contributed by atoms with Crippen molar-refractivity contribution < 1.29 is 13.2 Å². The summed E-state index contributed by atoms with van der Waals surface area (Å²) in [6.45, 7) is 4.77. The van der Waals surface area contributed by atoms with Crippen LogP contribution in [-0.4, -0.2) is 14.7 Å². The molecule has 0 bridgehead atoms. The van der Waals surface area contributed by atoms with Crippen LogP contribution in [0.2, 0.25) is 0 Å². The first kappa shape index (κ1) is 23.7. The lowest BCUT2D eigenvalue weighted by Gasteiger charge is -2.17. The number of hydrogen-bond donors (Lipinski definition) is 3. The molecule has 1 aliphatic heterocycles. The van der Waals surface area contributed by atoms with Crippen molar-refractivity contribution in [2.24, 2.45) is 12.0 Å². The van der Waals surface area contributed by atoms with Crippen LogP contribution in [0, 0.1) is 10.0 Å². The third kappa shape index (κ3) is 4.77. The average molecular weight is 487 g/mol. The first-order valence-electron chi connectivity index (χ1n) is 10.7. The molecule has 0 saturated carbocycles. The normalized spacial score (nSPS) is 15.4. The van der Waals surface area contributed by atoms with E-state index in [9.17, 15) is 13.2 Å². The third-order valence-electron chi connectivity index (χ3n) is 5.56. The number of rotatable bonds is 5. The summed E-state index contributed by atoms with van der Waals surface area (Å²) in [5.41, 5.74) is 1.23. The predicted molar refractivity (Wildman–Crippen MR) is 127 cm³/mol. The first-order valence-corrected chi connectivity index (χ1v) is 11.1. The van der Waals surface area contributed by atoms with Crippen LogP contribution in [-0.2, 0) is 26.3 Å². The molecule has 34 heavy (non-hydrogen) atoms. The molecule has 3 aromatic rings. The highest BCUT2D eigenvalue weighted by Gasteiger charge is 2.30. The van der Waals surface area contributed by atoms with E-state index in [1.54, 1.807) is 4.57 Å². The van der Waals surface area contributed by atoms with Gasteiger partial charge in [0.1, 0.15) is 15.9 Å². The molecule has 2 aromatic carbocycles. The Hall–Kier alpha value is -3.40. The van der Waals surface area contributed by atoms with E-state index >= 15 is 0 Å². The van der Waals surface area contributed by atoms with Gasteiger partial charge in [0.2, 0.25) is 5.62 Å². The Morgan fingerprint density at radius 3 is 2.38 bits per heavy atom. The molecule has 3 N–H and O–H groups in total. The topological polar surface area (TPSA) is 70.1 Å². The van der Waals surface area contributed by atoms with E-state index in [2.05, 4.69) is 10.6 Å². The molecule has 4 rings (SSSR count). The van der Waals surface area contributed by atoms with Gasteiger partial charge in [-0.25, -0.2) is 4.99 Å². The summed E-state index contributed by atoms with van der Waals surface area (Å²) in [5, 5.41) is 16.0. The van der Waals surface area contributed by atoms with Gasteiger partial charge in [0.15, 0.2) is 0 Å². The van der Waals surface area contributed by atoms with E-state index < -0.39 is 11.7 Å². The largest absolute Gasteiger partial charge is 0.416 e. The molecule has 0 fully saturated rings. The van der Waals surface area contributed by atoms with Crippen LogP contribution in [0.1, 0.15) is 25.0 Å². The molecule has 0 saturated heterocycles. The van der Waals surface area contributed by atoms with Crippen LogP contribution < -0.4 is 27.0 Å². The fraction of sp³-hybridized carbons (Fsp3) is 0.292. The molecule has 10 heteroatoms. The van der Waals surface area contributed by atoms with Crippen molar-refractivity contribution in [1.29, 1.82) is 5.41 Å². The second-order valence-corrected chi connectivity index (χ2v) is 9.20. The van der Waals surface area contributed by atoms with Crippen LogP contribution >= 0.6 is 12.2 Å². The van der Waals surface area contributed by atoms with Gasteiger partial charge >= 0.3 is 6.18 Å². The molecule has 2 heterocycles. The molecule has 6 nitrogen and oxygen atoms in total. The standard InChI is InChI=1S/C24H25F3N6S/c1-23(2)14-33-19(28)18(21(34)32(3)22(33)31-23)20(30-17-7-5-4-6-8-17)29-13-15-9-11-16(12-10-15)24(25,26)27/h4-12,28-30H,13-14H2,1-3H3. The maximum absolute atomic E-state index is 12.9. The Balaban J connectivity index is 1.81. The van der Waals surface area contributed by atoms with E-state index in [0.29, 0.717) is 33.4 Å². The molecule has 0 atom stereocenters. The zero-order valence-electron chi connectivity index (χ0n) is 19.0. The Morgan fingerprint density at radius 1 is 1.12 bits per heavy atom. The number of fused-ring (bicyclic) bond motifs is 1. The van der Waals surface area contributed by atoms with Crippen molar-refractivity contribution in [3.8, 4) is 0 Å². The molecular formula is C24H25F3N6S. The van der Waals surface area contributed by atoms with Gasteiger partial charge < -0.3 is 15.2 Å². The lowest BCUT2D eigenvalue weighted by Crippen LogP contribution is -2.50. The highest BCUT2D eigenvalue weighted by molar-refractivity contribution is 7.71. The van der Waals surface area contributed by atoms with Crippen LogP contribution in [0.4, 0.5) is 18.9 Å². The Kier molecular flexibility index (Phi) is 6.11. The SMILES string of the molecule is Cn1c(=S)c(=C(NCc2ccc(C(F)(F)F)cc2)Nc2ccccc2)c(=N)n2c1=NC(C)(C)C2. The summed E-state index contributed by atoms with van der Waals surface area (Å²) in [7, 11) is 1.82. The number of nitrogens with zero attached hydrogens (tertiary/aromatic N) is 3. The molecule has 0 amide bonds. The number of benzene rings is 2. The van der Waals surface area contributed by atoms with Crippen LogP contribution in [0.5, 0.6) is 0 Å². The fourth-order valence-electron chi connectivity index (χ4n) is 3.84. The summed E-state index contributed by atoms with van der Waals surface area (Å²) >= 11 is 5.72. The van der Waals surface area contributed by atoms with Crippen molar-refractivity contribution in [2.45, 2.75) is 38.7 Å². The van der Waals surface area contributed by atoms with Crippen LogP contribution in [0.3, 0.4) is 0 Å². The number of para-hydroxylation sites is 1. The van der Waals surface area contributed by atoms with E-state index in [0.717, 1.165) is 17.8 Å². The van der Waals surface area contributed by atoms with Crippen molar-refractivity contribution in [2.75, 3.05) is 5.32 Å². The molecule has 0 radical (unpaired) electrons. The Labute approximate surface area is 199 Å². The van der Waals surface area contributed by atoms with Crippen LogP contribution in [0.25, 0.3) is 5.82 Å². The molecule has 0 spiro atoms. The minimum atomic E-state index is -4.38. The van der Waals surface area contributed by atoms with Gasteiger partial charge in [0.25, 0.3) is 0 Å². The Bertz CT molecular complexity index is 1450. The van der Waals surface area contributed by atoms with Gasteiger partial charge in [-0.15, -0.1) is 0 Å². The van der Waals surface area contributed by atoms with E-state index in [1.165, 1.54) is 12.1 Å². The third-order valence-corrected chi connectivity index (χ3v) is 6.04. The maximum Gasteiger partial charge on any atom is 0.416 e. The number of alkyl halides is 3. The molecule has 0 aliphatic carbocycles. The quantitative estimate of drug-likeness (QED) is 0.484. The molecular weight excluding hydrogens is 461 g/mol. The van der Waals surface area contributed by atoms with Gasteiger partial charge in [-0.2, -0.15) is 13.2 Å². The summed E-state index contributed by atoms with van der Waals surface area (Å²) in [5.74, 6) is 0.497. The predicted octanol–water partition coefficient (Wildman–Crippen LogP) is 3.43. The highest BCUT2D eigenvalue weighted by atomic mass is 32.1. The summed E-state index contributed by atoms with van der Waals surface area (Å²) < 4.78 is 42.8. The second-order valence-electron chi connectivity index (χ2n) is 8.81. The number of anilines is 1.